The third-order valence-electron chi connectivity index (χ3n) is 3.82. The average molecular weight is 451 g/mol. The van der Waals surface area contributed by atoms with Crippen LogP contribution < -0.4 is 10.6 Å². The third kappa shape index (κ3) is 6.33. The Kier molecular flexibility index (Phi) is 7.11. The fourth-order valence-corrected chi connectivity index (χ4v) is 4.08. The van der Waals surface area contributed by atoms with Crippen molar-refractivity contribution in [2.45, 2.75) is 16.8 Å². The zero-order chi connectivity index (χ0) is 21.6. The van der Waals surface area contributed by atoms with E-state index in [-0.39, 0.29) is 11.5 Å². The molecule has 1 heterocycles. The van der Waals surface area contributed by atoms with Gasteiger partial charge in [-0.2, -0.15) is 13.2 Å². The molecule has 2 N–H and O–H groups in total. The number of anilines is 1. The maximum absolute atomic E-state index is 12.7. The van der Waals surface area contributed by atoms with E-state index in [0.29, 0.717) is 17.0 Å². The summed E-state index contributed by atoms with van der Waals surface area (Å²) in [6, 6.07) is 12.8. The smallest absolute Gasteiger partial charge is 0.343 e. The van der Waals surface area contributed by atoms with E-state index in [9.17, 15) is 22.8 Å². The molecule has 0 saturated heterocycles. The highest BCUT2D eigenvalue weighted by atomic mass is 32.2. The number of amides is 2. The highest BCUT2D eigenvalue weighted by molar-refractivity contribution is 7.98. The number of hydrogen-bond acceptors (Lipinski definition) is 5. The molecule has 30 heavy (non-hydrogen) atoms. The number of benzene rings is 2. The van der Waals surface area contributed by atoms with Crippen molar-refractivity contribution < 1.29 is 22.8 Å². The highest BCUT2D eigenvalue weighted by Crippen LogP contribution is 2.27. The van der Waals surface area contributed by atoms with Crippen molar-refractivity contribution in [3.8, 4) is 0 Å². The maximum atomic E-state index is 12.7. The van der Waals surface area contributed by atoms with Crippen molar-refractivity contribution in [3.05, 3.63) is 76.2 Å². The minimum absolute atomic E-state index is 0.0169. The lowest BCUT2D eigenvalue weighted by atomic mass is 10.1. The van der Waals surface area contributed by atoms with Crippen LogP contribution in [0.5, 0.6) is 0 Å². The first kappa shape index (κ1) is 21.8. The van der Waals surface area contributed by atoms with Crippen LogP contribution in [0.1, 0.15) is 26.4 Å². The predicted octanol–water partition coefficient (Wildman–Crippen LogP) is 4.98. The SMILES string of the molecule is O=C(NCC(F)(F)F)c1cccc(NC(=O)c2ccccc2SCc2cscn2)c1. The average Bonchev–Trinajstić information content (AvgIpc) is 3.24. The molecule has 0 unspecified atom stereocenters. The first-order chi connectivity index (χ1) is 14.3. The van der Waals surface area contributed by atoms with Crippen molar-refractivity contribution in [2.75, 3.05) is 11.9 Å². The second-order valence-electron chi connectivity index (χ2n) is 6.10. The molecule has 2 aromatic carbocycles. The number of thiazole rings is 1. The number of nitrogens with one attached hydrogen (secondary N) is 2. The Labute approximate surface area is 178 Å². The zero-order valence-electron chi connectivity index (χ0n) is 15.4. The molecule has 0 saturated carbocycles. The van der Waals surface area contributed by atoms with Gasteiger partial charge in [0.25, 0.3) is 11.8 Å². The van der Waals surface area contributed by atoms with Gasteiger partial charge in [0.05, 0.1) is 16.8 Å². The molecule has 0 bridgehead atoms. The number of nitrogens with zero attached hydrogens (tertiary/aromatic N) is 1. The first-order valence-electron chi connectivity index (χ1n) is 8.67. The summed E-state index contributed by atoms with van der Waals surface area (Å²) in [5.41, 5.74) is 3.43. The molecule has 3 rings (SSSR count). The molecule has 1 aromatic heterocycles. The highest BCUT2D eigenvalue weighted by Gasteiger charge is 2.28. The van der Waals surface area contributed by atoms with Gasteiger partial charge in [0, 0.05) is 27.3 Å². The van der Waals surface area contributed by atoms with Gasteiger partial charge in [0.2, 0.25) is 0 Å². The Bertz CT molecular complexity index is 1020. The fraction of sp³-hybridized carbons (Fsp3) is 0.150. The van der Waals surface area contributed by atoms with E-state index >= 15 is 0 Å². The van der Waals surface area contributed by atoms with Crippen LogP contribution >= 0.6 is 23.1 Å². The van der Waals surface area contributed by atoms with Crippen LogP contribution in [0.4, 0.5) is 18.9 Å². The van der Waals surface area contributed by atoms with Crippen LogP contribution in [0.2, 0.25) is 0 Å². The Balaban J connectivity index is 1.68. The van der Waals surface area contributed by atoms with Crippen molar-refractivity contribution in [2.24, 2.45) is 0 Å². The van der Waals surface area contributed by atoms with Gasteiger partial charge >= 0.3 is 6.18 Å². The van der Waals surface area contributed by atoms with Crippen LogP contribution in [0.15, 0.2) is 64.3 Å². The first-order valence-corrected chi connectivity index (χ1v) is 10.6. The summed E-state index contributed by atoms with van der Waals surface area (Å²) in [5, 5.41) is 6.43. The normalized spacial score (nSPS) is 11.2. The molecule has 0 fully saturated rings. The zero-order valence-corrected chi connectivity index (χ0v) is 17.0. The summed E-state index contributed by atoms with van der Waals surface area (Å²) in [5.74, 6) is -0.644. The van der Waals surface area contributed by atoms with Crippen molar-refractivity contribution in [1.82, 2.24) is 10.3 Å². The van der Waals surface area contributed by atoms with Crippen LogP contribution in [0.25, 0.3) is 0 Å². The van der Waals surface area contributed by atoms with Gasteiger partial charge in [-0.15, -0.1) is 23.1 Å². The predicted molar refractivity (Wildman–Crippen MR) is 111 cm³/mol. The number of hydrogen-bond donors (Lipinski definition) is 2. The van der Waals surface area contributed by atoms with E-state index < -0.39 is 18.6 Å². The molecule has 0 atom stereocenters. The second-order valence-corrected chi connectivity index (χ2v) is 7.83. The van der Waals surface area contributed by atoms with Crippen LogP contribution in [-0.4, -0.2) is 29.5 Å². The van der Waals surface area contributed by atoms with Gasteiger partial charge < -0.3 is 10.6 Å². The summed E-state index contributed by atoms with van der Waals surface area (Å²) in [6.45, 7) is -1.42. The number of thioether (sulfide) groups is 1. The van der Waals surface area contributed by atoms with Gasteiger partial charge in [0.15, 0.2) is 0 Å². The maximum Gasteiger partial charge on any atom is 0.405 e. The summed E-state index contributed by atoms with van der Waals surface area (Å²) >= 11 is 2.97. The summed E-state index contributed by atoms with van der Waals surface area (Å²) in [7, 11) is 0. The lowest BCUT2D eigenvalue weighted by Crippen LogP contribution is -2.33. The quantitative estimate of drug-likeness (QED) is 0.497. The Morgan fingerprint density at radius 1 is 1.07 bits per heavy atom. The molecule has 0 spiro atoms. The molecular formula is C20H16F3N3O2S2. The number of rotatable bonds is 7. The van der Waals surface area contributed by atoms with E-state index in [1.807, 2.05) is 17.5 Å². The van der Waals surface area contributed by atoms with Gasteiger partial charge in [-0.1, -0.05) is 18.2 Å². The molecule has 2 amide bonds. The lowest BCUT2D eigenvalue weighted by molar-refractivity contribution is -0.123. The van der Waals surface area contributed by atoms with Crippen molar-refractivity contribution >= 4 is 40.6 Å². The van der Waals surface area contributed by atoms with Crippen LogP contribution in [-0.2, 0) is 5.75 Å². The van der Waals surface area contributed by atoms with Gasteiger partial charge in [0.1, 0.15) is 6.54 Å². The van der Waals surface area contributed by atoms with Crippen LogP contribution in [0.3, 0.4) is 0 Å². The van der Waals surface area contributed by atoms with Crippen molar-refractivity contribution in [1.29, 1.82) is 0 Å². The topological polar surface area (TPSA) is 71.1 Å². The summed E-state index contributed by atoms with van der Waals surface area (Å²) < 4.78 is 36.9. The number of aromatic nitrogens is 1. The molecule has 0 radical (unpaired) electrons. The molecular weight excluding hydrogens is 435 g/mol. The molecule has 0 aliphatic heterocycles. The minimum Gasteiger partial charge on any atom is -0.343 e. The van der Waals surface area contributed by atoms with Gasteiger partial charge in [-0.3, -0.25) is 9.59 Å². The van der Waals surface area contributed by atoms with Gasteiger partial charge in [-0.05, 0) is 30.3 Å². The molecule has 3 aromatic rings. The molecule has 156 valence electrons. The number of carbonyl (C=O) groups is 2. The van der Waals surface area contributed by atoms with E-state index in [2.05, 4.69) is 10.3 Å². The number of alkyl halides is 3. The number of halogens is 3. The van der Waals surface area contributed by atoms with E-state index in [0.717, 1.165) is 10.6 Å². The molecule has 0 aliphatic carbocycles. The van der Waals surface area contributed by atoms with E-state index in [1.165, 1.54) is 41.3 Å². The Morgan fingerprint density at radius 2 is 1.87 bits per heavy atom. The molecule has 5 nitrogen and oxygen atoms in total. The van der Waals surface area contributed by atoms with Crippen LogP contribution in [0, 0.1) is 0 Å². The Hall–Kier alpha value is -2.85. The fourth-order valence-electron chi connectivity index (χ4n) is 2.46. The molecule has 0 aliphatic rings. The van der Waals surface area contributed by atoms with E-state index in [4.69, 9.17) is 0 Å². The van der Waals surface area contributed by atoms with Gasteiger partial charge in [-0.25, -0.2) is 4.98 Å². The minimum atomic E-state index is -4.50. The monoisotopic (exact) mass is 451 g/mol. The third-order valence-corrected chi connectivity index (χ3v) is 5.57. The summed E-state index contributed by atoms with van der Waals surface area (Å²) in [6.07, 6.45) is -4.50. The second kappa shape index (κ2) is 9.77. The number of carbonyl (C=O) groups excluding carboxylic acids is 2. The lowest BCUT2D eigenvalue weighted by Gasteiger charge is -2.11. The summed E-state index contributed by atoms with van der Waals surface area (Å²) in [4.78, 5) is 29.7. The Morgan fingerprint density at radius 3 is 2.60 bits per heavy atom. The van der Waals surface area contributed by atoms with Crippen molar-refractivity contribution in [3.63, 3.8) is 0 Å². The van der Waals surface area contributed by atoms with E-state index in [1.54, 1.807) is 29.0 Å². The largest absolute Gasteiger partial charge is 0.405 e. The molecule has 10 heteroatoms. The standard InChI is InChI=1S/C20H16F3N3O2S2/c21-20(22,23)11-24-18(27)13-4-3-5-14(8-13)26-19(28)16-6-1-2-7-17(16)30-10-15-9-29-12-25-15/h1-9,12H,10-11H2,(H,24,27)(H,26,28).